The molecule has 0 amide bonds. The lowest BCUT2D eigenvalue weighted by Gasteiger charge is -2.38. The first-order valence-electron chi connectivity index (χ1n) is 6.83. The van der Waals surface area contributed by atoms with Crippen molar-refractivity contribution in [2.24, 2.45) is 5.41 Å². The topological polar surface area (TPSA) is 36.3 Å². The third kappa shape index (κ3) is 3.48. The van der Waals surface area contributed by atoms with Crippen molar-refractivity contribution in [3.05, 3.63) is 29.3 Å². The summed E-state index contributed by atoms with van der Waals surface area (Å²) < 4.78 is 5.40. The minimum atomic E-state index is 0.387. The summed E-state index contributed by atoms with van der Waals surface area (Å²) >= 11 is 0. The average molecular weight is 258 g/mol. The number of nitriles is 1. The van der Waals surface area contributed by atoms with Crippen molar-refractivity contribution in [1.29, 1.82) is 5.26 Å². The van der Waals surface area contributed by atoms with Crippen molar-refractivity contribution in [2.45, 2.75) is 33.2 Å². The maximum absolute atomic E-state index is 9.01. The highest BCUT2D eigenvalue weighted by Crippen LogP contribution is 2.30. The van der Waals surface area contributed by atoms with Crippen molar-refractivity contribution in [3.8, 4) is 11.8 Å². The number of piperidine rings is 1. The molecule has 2 rings (SSSR count). The Morgan fingerprint density at radius 2 is 2.21 bits per heavy atom. The van der Waals surface area contributed by atoms with Gasteiger partial charge in [-0.1, -0.05) is 13.8 Å². The molecule has 1 saturated heterocycles. The fraction of sp³-hybridized carbons (Fsp3) is 0.562. The van der Waals surface area contributed by atoms with E-state index in [2.05, 4.69) is 24.8 Å². The fourth-order valence-electron chi connectivity index (χ4n) is 2.89. The molecule has 3 nitrogen and oxygen atoms in total. The highest BCUT2D eigenvalue weighted by molar-refractivity contribution is 5.42. The molecule has 0 unspecified atom stereocenters. The Bertz CT molecular complexity index is 488. The van der Waals surface area contributed by atoms with E-state index in [-0.39, 0.29) is 0 Å². The summed E-state index contributed by atoms with van der Waals surface area (Å²) in [5.74, 6) is 0.877. The SMILES string of the molecule is COc1ccc(C#N)cc1CN1CCCC(C)(C)C1. The van der Waals surface area contributed by atoms with Crippen LogP contribution in [0.25, 0.3) is 0 Å². The highest BCUT2D eigenvalue weighted by Gasteiger charge is 2.26. The van der Waals surface area contributed by atoms with Gasteiger partial charge >= 0.3 is 0 Å². The summed E-state index contributed by atoms with van der Waals surface area (Å²) in [6.07, 6.45) is 2.53. The number of nitrogens with zero attached hydrogens (tertiary/aromatic N) is 2. The zero-order valence-corrected chi connectivity index (χ0v) is 12.1. The quantitative estimate of drug-likeness (QED) is 0.835. The van der Waals surface area contributed by atoms with Crippen LogP contribution in [0.3, 0.4) is 0 Å². The molecule has 0 bridgehead atoms. The van der Waals surface area contributed by atoms with Gasteiger partial charge in [-0.15, -0.1) is 0 Å². The van der Waals surface area contributed by atoms with E-state index in [1.54, 1.807) is 7.11 Å². The van der Waals surface area contributed by atoms with E-state index >= 15 is 0 Å². The largest absolute Gasteiger partial charge is 0.496 e. The summed E-state index contributed by atoms with van der Waals surface area (Å²) in [5, 5.41) is 9.01. The van der Waals surface area contributed by atoms with Crippen LogP contribution in [0.15, 0.2) is 18.2 Å². The molecule has 0 aromatic heterocycles. The van der Waals surface area contributed by atoms with Gasteiger partial charge in [-0.2, -0.15) is 5.26 Å². The number of hydrogen-bond acceptors (Lipinski definition) is 3. The zero-order chi connectivity index (χ0) is 13.9. The predicted molar refractivity (Wildman–Crippen MR) is 76.0 cm³/mol. The second-order valence-corrected chi connectivity index (χ2v) is 6.12. The van der Waals surface area contributed by atoms with Gasteiger partial charge < -0.3 is 4.74 Å². The van der Waals surface area contributed by atoms with Crippen LogP contribution in [0.1, 0.15) is 37.8 Å². The summed E-state index contributed by atoms with van der Waals surface area (Å²) in [6.45, 7) is 7.74. The third-order valence-electron chi connectivity index (χ3n) is 3.78. The number of benzene rings is 1. The Morgan fingerprint density at radius 1 is 1.42 bits per heavy atom. The molecule has 0 atom stereocenters. The fourth-order valence-corrected chi connectivity index (χ4v) is 2.89. The van der Waals surface area contributed by atoms with Gasteiger partial charge in [-0.3, -0.25) is 4.90 Å². The van der Waals surface area contributed by atoms with Gasteiger partial charge in [0, 0.05) is 18.7 Å². The van der Waals surface area contributed by atoms with E-state index < -0.39 is 0 Å². The molecule has 1 aromatic carbocycles. The van der Waals surface area contributed by atoms with Crippen LogP contribution in [0.5, 0.6) is 5.75 Å². The number of methoxy groups -OCH3 is 1. The molecule has 19 heavy (non-hydrogen) atoms. The van der Waals surface area contributed by atoms with Crippen LogP contribution in [0, 0.1) is 16.7 Å². The van der Waals surface area contributed by atoms with Gasteiger partial charge in [0.2, 0.25) is 0 Å². The monoisotopic (exact) mass is 258 g/mol. The minimum Gasteiger partial charge on any atom is -0.496 e. The van der Waals surface area contributed by atoms with Crippen LogP contribution in [-0.4, -0.2) is 25.1 Å². The maximum atomic E-state index is 9.01. The second kappa shape index (κ2) is 5.63. The first kappa shape index (κ1) is 13.9. The minimum absolute atomic E-state index is 0.387. The van der Waals surface area contributed by atoms with Gasteiger partial charge in [-0.05, 0) is 43.0 Å². The first-order chi connectivity index (χ1) is 9.04. The van der Waals surface area contributed by atoms with Crippen molar-refractivity contribution in [2.75, 3.05) is 20.2 Å². The third-order valence-corrected chi connectivity index (χ3v) is 3.78. The highest BCUT2D eigenvalue weighted by atomic mass is 16.5. The molecule has 1 aliphatic heterocycles. The molecular weight excluding hydrogens is 236 g/mol. The lowest BCUT2D eigenvalue weighted by atomic mass is 9.84. The van der Waals surface area contributed by atoms with Crippen LogP contribution in [0.4, 0.5) is 0 Å². The Labute approximate surface area is 115 Å². The normalized spacial score (nSPS) is 18.8. The van der Waals surface area contributed by atoms with Gasteiger partial charge in [0.1, 0.15) is 5.75 Å². The van der Waals surface area contributed by atoms with Gasteiger partial charge in [0.15, 0.2) is 0 Å². The smallest absolute Gasteiger partial charge is 0.123 e. The maximum Gasteiger partial charge on any atom is 0.123 e. The molecule has 1 aromatic rings. The van der Waals surface area contributed by atoms with E-state index in [0.717, 1.165) is 30.9 Å². The number of rotatable bonds is 3. The molecule has 0 radical (unpaired) electrons. The molecule has 0 aliphatic carbocycles. The van der Waals surface area contributed by atoms with Gasteiger partial charge in [0.05, 0.1) is 18.7 Å². The molecule has 0 saturated carbocycles. The summed E-state index contributed by atoms with van der Waals surface area (Å²) in [4.78, 5) is 2.46. The Hall–Kier alpha value is -1.53. The van der Waals surface area contributed by atoms with Crippen molar-refractivity contribution >= 4 is 0 Å². The summed E-state index contributed by atoms with van der Waals surface area (Å²) in [6, 6.07) is 7.84. The number of ether oxygens (including phenoxy) is 1. The Kier molecular flexibility index (Phi) is 4.11. The lowest BCUT2D eigenvalue weighted by Crippen LogP contribution is -2.39. The molecule has 0 spiro atoms. The second-order valence-electron chi connectivity index (χ2n) is 6.12. The van der Waals surface area contributed by atoms with Crippen molar-refractivity contribution < 1.29 is 4.74 Å². The zero-order valence-electron chi connectivity index (χ0n) is 12.1. The molecule has 3 heteroatoms. The summed E-state index contributed by atoms with van der Waals surface area (Å²) in [5.41, 5.74) is 2.20. The van der Waals surface area contributed by atoms with Crippen LogP contribution in [0.2, 0.25) is 0 Å². The molecular formula is C16H22N2O. The molecule has 1 heterocycles. The number of hydrogen-bond donors (Lipinski definition) is 0. The van der Waals surface area contributed by atoms with Crippen molar-refractivity contribution in [3.63, 3.8) is 0 Å². The van der Waals surface area contributed by atoms with Crippen LogP contribution < -0.4 is 4.74 Å². The van der Waals surface area contributed by atoms with E-state index in [9.17, 15) is 0 Å². The first-order valence-corrected chi connectivity index (χ1v) is 6.83. The Morgan fingerprint density at radius 3 is 2.84 bits per heavy atom. The standard InChI is InChI=1S/C16H22N2O/c1-16(2)7-4-8-18(12-16)11-14-9-13(10-17)5-6-15(14)19-3/h5-6,9H,4,7-8,11-12H2,1-3H3. The van der Waals surface area contributed by atoms with Gasteiger partial charge in [-0.25, -0.2) is 0 Å². The Balaban J connectivity index is 2.16. The average Bonchev–Trinajstić information content (AvgIpc) is 2.37. The lowest BCUT2D eigenvalue weighted by molar-refractivity contribution is 0.111. The molecule has 0 N–H and O–H groups in total. The summed E-state index contributed by atoms with van der Waals surface area (Å²) in [7, 11) is 1.69. The predicted octanol–water partition coefficient (Wildman–Crippen LogP) is 3.19. The molecule has 1 aliphatic rings. The van der Waals surface area contributed by atoms with E-state index in [4.69, 9.17) is 10.00 Å². The molecule has 1 fully saturated rings. The van der Waals surface area contributed by atoms with Crippen molar-refractivity contribution in [1.82, 2.24) is 4.90 Å². The van der Waals surface area contributed by atoms with E-state index in [0.29, 0.717) is 11.0 Å². The van der Waals surface area contributed by atoms with E-state index in [1.165, 1.54) is 12.8 Å². The van der Waals surface area contributed by atoms with Gasteiger partial charge in [0.25, 0.3) is 0 Å². The number of likely N-dealkylation sites (tertiary alicyclic amines) is 1. The molecule has 102 valence electrons. The van der Waals surface area contributed by atoms with E-state index in [1.807, 2.05) is 18.2 Å². The van der Waals surface area contributed by atoms with Crippen LogP contribution in [-0.2, 0) is 6.54 Å². The van der Waals surface area contributed by atoms with Crippen LogP contribution >= 0.6 is 0 Å².